The summed E-state index contributed by atoms with van der Waals surface area (Å²) in [7, 11) is -3.36. The Labute approximate surface area is 157 Å². The number of hydrogen-bond donors (Lipinski definition) is 0. The highest BCUT2D eigenvalue weighted by Gasteiger charge is 2.28. The molecule has 0 atom stereocenters. The van der Waals surface area contributed by atoms with Crippen molar-refractivity contribution in [3.8, 4) is 0 Å². The molecule has 0 bridgehead atoms. The fourth-order valence-electron chi connectivity index (χ4n) is 3.06. The minimum atomic E-state index is -3.36. The van der Waals surface area contributed by atoms with Crippen LogP contribution in [0.4, 0.5) is 0 Å². The van der Waals surface area contributed by atoms with Crippen LogP contribution >= 0.6 is 22.6 Å². The number of benzene rings is 1. The second-order valence-corrected chi connectivity index (χ2v) is 9.34. The molecule has 0 spiro atoms. The number of sulfonamides is 1. The number of hydrogen-bond acceptors (Lipinski definition) is 5. The monoisotopic (exact) mass is 465 g/mol. The van der Waals surface area contributed by atoms with Gasteiger partial charge in [-0.15, -0.1) is 0 Å². The average Bonchev–Trinajstić information content (AvgIpc) is 2.61. The van der Waals surface area contributed by atoms with Crippen LogP contribution in [0.5, 0.6) is 0 Å². The number of morpholine rings is 1. The first-order valence-corrected chi connectivity index (χ1v) is 10.9. The normalized spacial score (nSPS) is 21.9. The van der Waals surface area contributed by atoms with Crippen molar-refractivity contribution in [3.05, 3.63) is 27.8 Å². The number of ether oxygens (including phenoxy) is 1. The molecule has 134 valence electrons. The molecule has 0 saturated carbocycles. The fraction of sp³-hybridized carbons (Fsp3) is 0.625. The van der Waals surface area contributed by atoms with E-state index in [9.17, 15) is 8.42 Å². The van der Waals surface area contributed by atoms with Crippen molar-refractivity contribution in [2.24, 2.45) is 0 Å². The quantitative estimate of drug-likeness (QED) is 0.606. The van der Waals surface area contributed by atoms with E-state index in [1.54, 1.807) is 16.4 Å². The Kier molecular flexibility index (Phi) is 6.50. The molecule has 0 aliphatic carbocycles. The summed E-state index contributed by atoms with van der Waals surface area (Å²) in [4.78, 5) is 5.16. The smallest absolute Gasteiger partial charge is 0.243 e. The van der Waals surface area contributed by atoms with E-state index >= 15 is 0 Å². The maximum Gasteiger partial charge on any atom is 0.243 e. The van der Waals surface area contributed by atoms with E-state index in [0.29, 0.717) is 18.0 Å². The molecule has 6 nitrogen and oxygen atoms in total. The highest BCUT2D eigenvalue weighted by atomic mass is 127. The maximum absolute atomic E-state index is 12.7. The van der Waals surface area contributed by atoms with Gasteiger partial charge in [0.1, 0.15) is 0 Å². The third-order valence-corrected chi connectivity index (χ3v) is 7.25. The summed E-state index contributed by atoms with van der Waals surface area (Å²) >= 11 is 2.18. The predicted octanol–water partition coefficient (Wildman–Crippen LogP) is 0.930. The molecular weight excluding hydrogens is 441 g/mol. The molecule has 8 heteroatoms. The minimum Gasteiger partial charge on any atom is -0.379 e. The molecule has 2 saturated heterocycles. The first kappa shape index (κ1) is 18.5. The van der Waals surface area contributed by atoms with Crippen LogP contribution in [0.15, 0.2) is 29.2 Å². The molecule has 0 N–H and O–H groups in total. The third-order valence-electron chi connectivity index (χ3n) is 4.62. The number of piperazine rings is 1. The van der Waals surface area contributed by atoms with Crippen molar-refractivity contribution < 1.29 is 13.2 Å². The summed E-state index contributed by atoms with van der Waals surface area (Å²) < 4.78 is 33.4. The molecule has 2 heterocycles. The number of halogens is 1. The van der Waals surface area contributed by atoms with Gasteiger partial charge in [-0.2, -0.15) is 4.31 Å². The molecule has 0 radical (unpaired) electrons. The number of rotatable bonds is 5. The largest absolute Gasteiger partial charge is 0.379 e. The third kappa shape index (κ3) is 4.67. The van der Waals surface area contributed by atoms with Crippen LogP contribution in [-0.2, 0) is 14.8 Å². The highest BCUT2D eigenvalue weighted by Crippen LogP contribution is 2.18. The van der Waals surface area contributed by atoms with Gasteiger partial charge in [0.15, 0.2) is 0 Å². The first-order valence-electron chi connectivity index (χ1n) is 8.34. The van der Waals surface area contributed by atoms with E-state index in [1.165, 1.54) is 0 Å². The van der Waals surface area contributed by atoms with Gasteiger partial charge in [-0.05, 0) is 46.9 Å². The van der Waals surface area contributed by atoms with Gasteiger partial charge in [0.05, 0.1) is 18.1 Å². The maximum atomic E-state index is 12.7. The van der Waals surface area contributed by atoms with Crippen molar-refractivity contribution >= 4 is 32.6 Å². The topological polar surface area (TPSA) is 53.1 Å². The predicted molar refractivity (Wildman–Crippen MR) is 102 cm³/mol. The van der Waals surface area contributed by atoms with E-state index in [1.807, 2.05) is 12.1 Å². The second-order valence-electron chi connectivity index (χ2n) is 6.15. The zero-order chi connectivity index (χ0) is 17.0. The van der Waals surface area contributed by atoms with Crippen LogP contribution < -0.4 is 0 Å². The van der Waals surface area contributed by atoms with Gasteiger partial charge < -0.3 is 4.74 Å². The first-order chi connectivity index (χ1) is 11.6. The van der Waals surface area contributed by atoms with Gasteiger partial charge >= 0.3 is 0 Å². The van der Waals surface area contributed by atoms with E-state index in [2.05, 4.69) is 32.4 Å². The summed E-state index contributed by atoms with van der Waals surface area (Å²) in [5.74, 6) is 0. The summed E-state index contributed by atoms with van der Waals surface area (Å²) in [5.41, 5.74) is 0. The molecule has 2 fully saturated rings. The Morgan fingerprint density at radius 1 is 0.875 bits per heavy atom. The SMILES string of the molecule is O=S(=O)(c1ccc(I)cc1)N1CCN(CCN2CCOCC2)CC1. The molecule has 1 aromatic rings. The Bertz CT molecular complexity index is 624. The van der Waals surface area contributed by atoms with Crippen molar-refractivity contribution in [3.63, 3.8) is 0 Å². The molecule has 0 amide bonds. The van der Waals surface area contributed by atoms with Gasteiger partial charge in [-0.3, -0.25) is 9.80 Å². The zero-order valence-electron chi connectivity index (χ0n) is 13.7. The lowest BCUT2D eigenvalue weighted by Gasteiger charge is -2.35. The van der Waals surface area contributed by atoms with Crippen LogP contribution in [0.3, 0.4) is 0 Å². The van der Waals surface area contributed by atoms with Gasteiger partial charge in [0, 0.05) is 55.9 Å². The van der Waals surface area contributed by atoms with E-state index < -0.39 is 10.0 Å². The van der Waals surface area contributed by atoms with Crippen LogP contribution in [0.25, 0.3) is 0 Å². The van der Waals surface area contributed by atoms with Gasteiger partial charge in [-0.1, -0.05) is 0 Å². The summed E-state index contributed by atoms with van der Waals surface area (Å²) in [5, 5.41) is 0. The van der Waals surface area contributed by atoms with Crippen molar-refractivity contribution in [1.82, 2.24) is 14.1 Å². The molecule has 0 aromatic heterocycles. The highest BCUT2D eigenvalue weighted by molar-refractivity contribution is 14.1. The Balaban J connectivity index is 1.49. The van der Waals surface area contributed by atoms with Gasteiger partial charge in [0.25, 0.3) is 0 Å². The van der Waals surface area contributed by atoms with E-state index in [4.69, 9.17) is 4.74 Å². The lowest BCUT2D eigenvalue weighted by molar-refractivity contribution is 0.0317. The molecule has 1 aromatic carbocycles. The molecule has 2 aliphatic rings. The van der Waals surface area contributed by atoms with Crippen LogP contribution in [0.1, 0.15) is 0 Å². The van der Waals surface area contributed by atoms with Gasteiger partial charge in [-0.25, -0.2) is 8.42 Å². The number of nitrogens with zero attached hydrogens (tertiary/aromatic N) is 3. The minimum absolute atomic E-state index is 0.393. The Hall–Kier alpha value is -0.260. The average molecular weight is 465 g/mol. The summed E-state index contributed by atoms with van der Waals surface area (Å²) in [6, 6.07) is 7.07. The van der Waals surface area contributed by atoms with Crippen LogP contribution in [0.2, 0.25) is 0 Å². The van der Waals surface area contributed by atoms with Crippen LogP contribution in [-0.4, -0.2) is 88.1 Å². The van der Waals surface area contributed by atoms with Crippen LogP contribution in [0, 0.1) is 3.57 Å². The Morgan fingerprint density at radius 3 is 2.00 bits per heavy atom. The standard InChI is InChI=1S/C16H24IN3O3S/c17-15-1-3-16(4-2-15)24(21,22)20-9-7-18(8-10-20)5-6-19-11-13-23-14-12-19/h1-4H,5-14H2. The van der Waals surface area contributed by atoms with E-state index in [0.717, 1.165) is 56.1 Å². The summed E-state index contributed by atoms with van der Waals surface area (Å²) in [6.45, 7) is 8.41. The summed E-state index contributed by atoms with van der Waals surface area (Å²) in [6.07, 6.45) is 0. The molecule has 24 heavy (non-hydrogen) atoms. The molecular formula is C16H24IN3O3S. The van der Waals surface area contributed by atoms with Crippen molar-refractivity contribution in [1.29, 1.82) is 0 Å². The lowest BCUT2D eigenvalue weighted by atomic mass is 10.3. The second kappa shape index (κ2) is 8.41. The zero-order valence-corrected chi connectivity index (χ0v) is 16.7. The fourth-order valence-corrected chi connectivity index (χ4v) is 4.84. The lowest BCUT2D eigenvalue weighted by Crippen LogP contribution is -2.50. The van der Waals surface area contributed by atoms with E-state index in [-0.39, 0.29) is 0 Å². The van der Waals surface area contributed by atoms with Crippen molar-refractivity contribution in [2.45, 2.75) is 4.90 Å². The molecule has 3 rings (SSSR count). The van der Waals surface area contributed by atoms with Gasteiger partial charge in [0.2, 0.25) is 10.0 Å². The molecule has 2 aliphatic heterocycles. The Morgan fingerprint density at radius 2 is 1.42 bits per heavy atom. The van der Waals surface area contributed by atoms with Crippen molar-refractivity contribution in [2.75, 3.05) is 65.6 Å². The molecule has 0 unspecified atom stereocenters.